The number of hydrogen-bond acceptors (Lipinski definition) is 4. The van der Waals surface area contributed by atoms with Gasteiger partial charge in [0.1, 0.15) is 5.82 Å². The Morgan fingerprint density at radius 2 is 2.22 bits per heavy atom. The summed E-state index contributed by atoms with van der Waals surface area (Å²) in [5, 5.41) is 13.8. The number of carboxylic acid groups (broad SMARTS) is 1. The fourth-order valence-electron chi connectivity index (χ4n) is 1.85. The van der Waals surface area contributed by atoms with E-state index in [-0.39, 0.29) is 5.56 Å². The van der Waals surface area contributed by atoms with Crippen molar-refractivity contribution in [2.24, 2.45) is 5.73 Å². The Labute approximate surface area is 105 Å². The number of rotatable bonds is 5. The third kappa shape index (κ3) is 2.41. The molecule has 0 amide bonds. The number of carboxylic acids is 1. The van der Waals surface area contributed by atoms with Crippen LogP contribution in [0.2, 0.25) is 0 Å². The van der Waals surface area contributed by atoms with Gasteiger partial charge in [0, 0.05) is 18.1 Å². The van der Waals surface area contributed by atoms with Crippen molar-refractivity contribution in [1.29, 1.82) is 0 Å². The lowest BCUT2D eigenvalue weighted by Crippen LogP contribution is -2.10. The largest absolute Gasteiger partial charge is 0.478 e. The van der Waals surface area contributed by atoms with Crippen LogP contribution in [-0.2, 0) is 0 Å². The molecule has 0 radical (unpaired) electrons. The zero-order valence-corrected chi connectivity index (χ0v) is 9.89. The quantitative estimate of drug-likeness (QED) is 0.698. The van der Waals surface area contributed by atoms with E-state index in [9.17, 15) is 9.90 Å². The molecule has 0 fully saturated rings. The molecule has 0 unspecified atom stereocenters. The van der Waals surface area contributed by atoms with E-state index >= 15 is 0 Å². The summed E-state index contributed by atoms with van der Waals surface area (Å²) in [4.78, 5) is 15.4. The second kappa shape index (κ2) is 5.46. The van der Waals surface area contributed by atoms with Gasteiger partial charge in [-0.2, -0.15) is 0 Å². The van der Waals surface area contributed by atoms with E-state index in [1.807, 2.05) is 6.07 Å². The summed E-state index contributed by atoms with van der Waals surface area (Å²) in [6.07, 6.45) is 2.48. The molecule has 18 heavy (non-hydrogen) atoms. The number of anilines is 1. The van der Waals surface area contributed by atoms with Gasteiger partial charge < -0.3 is 16.2 Å². The van der Waals surface area contributed by atoms with Gasteiger partial charge in [0.05, 0.1) is 5.56 Å². The lowest BCUT2D eigenvalue weighted by atomic mass is 10.1. The number of fused-ring (bicyclic) bond motifs is 1. The Kier molecular flexibility index (Phi) is 3.74. The van der Waals surface area contributed by atoms with Crippen LogP contribution >= 0.6 is 0 Å². The van der Waals surface area contributed by atoms with Gasteiger partial charge in [-0.3, -0.25) is 0 Å². The van der Waals surface area contributed by atoms with E-state index in [0.29, 0.717) is 24.3 Å². The minimum atomic E-state index is -0.949. The van der Waals surface area contributed by atoms with Crippen molar-refractivity contribution in [1.82, 2.24) is 4.98 Å². The molecule has 0 saturated heterocycles. The standard InChI is InChI=1S/C13H15N3O2/c14-6-2-7-15-12-11-9(5-8-16-12)3-1-4-10(11)13(17)18/h1,3-5,8H,2,6-7,14H2,(H,15,16)(H,17,18). The molecule has 0 atom stereocenters. The summed E-state index contributed by atoms with van der Waals surface area (Å²) in [6, 6.07) is 6.99. The monoisotopic (exact) mass is 245 g/mol. The third-order valence-corrected chi connectivity index (χ3v) is 2.69. The molecule has 5 heteroatoms. The molecule has 0 saturated carbocycles. The first-order chi connectivity index (χ1) is 8.74. The van der Waals surface area contributed by atoms with Crippen LogP contribution in [0.4, 0.5) is 5.82 Å². The second-order valence-corrected chi connectivity index (χ2v) is 3.94. The maximum Gasteiger partial charge on any atom is 0.336 e. The first-order valence-electron chi connectivity index (χ1n) is 5.79. The minimum Gasteiger partial charge on any atom is -0.478 e. The number of benzene rings is 1. The molecule has 2 aromatic rings. The van der Waals surface area contributed by atoms with Crippen molar-refractivity contribution in [2.45, 2.75) is 6.42 Å². The van der Waals surface area contributed by atoms with E-state index in [1.54, 1.807) is 24.4 Å². The first-order valence-corrected chi connectivity index (χ1v) is 5.79. The van der Waals surface area contributed by atoms with Gasteiger partial charge >= 0.3 is 5.97 Å². The maximum absolute atomic E-state index is 11.2. The van der Waals surface area contributed by atoms with Crippen molar-refractivity contribution in [3.63, 3.8) is 0 Å². The third-order valence-electron chi connectivity index (χ3n) is 2.69. The lowest BCUT2D eigenvalue weighted by Gasteiger charge is -2.10. The fourth-order valence-corrected chi connectivity index (χ4v) is 1.85. The van der Waals surface area contributed by atoms with Gasteiger partial charge in [-0.1, -0.05) is 12.1 Å². The highest BCUT2D eigenvalue weighted by Gasteiger charge is 2.12. The Bertz CT molecular complexity index is 564. The van der Waals surface area contributed by atoms with Crippen molar-refractivity contribution >= 4 is 22.6 Å². The molecule has 0 aliphatic heterocycles. The van der Waals surface area contributed by atoms with Gasteiger partial charge in [0.15, 0.2) is 0 Å². The van der Waals surface area contributed by atoms with Crippen LogP contribution in [0.1, 0.15) is 16.8 Å². The fraction of sp³-hybridized carbons (Fsp3) is 0.231. The topological polar surface area (TPSA) is 88.2 Å². The Balaban J connectivity index is 2.48. The Morgan fingerprint density at radius 1 is 1.39 bits per heavy atom. The molecule has 1 heterocycles. The van der Waals surface area contributed by atoms with Gasteiger partial charge in [-0.15, -0.1) is 0 Å². The van der Waals surface area contributed by atoms with Gasteiger partial charge in [0.25, 0.3) is 0 Å². The number of aromatic nitrogens is 1. The van der Waals surface area contributed by atoms with E-state index in [1.165, 1.54) is 0 Å². The predicted octanol–water partition coefficient (Wildman–Crippen LogP) is 1.69. The zero-order valence-electron chi connectivity index (χ0n) is 9.89. The molecule has 0 aliphatic rings. The first kappa shape index (κ1) is 12.3. The summed E-state index contributed by atoms with van der Waals surface area (Å²) in [5.74, 6) is -0.352. The molecule has 0 spiro atoms. The molecule has 1 aromatic heterocycles. The summed E-state index contributed by atoms with van der Waals surface area (Å²) >= 11 is 0. The molecule has 0 bridgehead atoms. The molecular formula is C13H15N3O2. The molecular weight excluding hydrogens is 230 g/mol. The Morgan fingerprint density at radius 3 is 2.94 bits per heavy atom. The van der Waals surface area contributed by atoms with Gasteiger partial charge in [-0.25, -0.2) is 9.78 Å². The molecule has 2 rings (SSSR count). The zero-order chi connectivity index (χ0) is 13.0. The summed E-state index contributed by atoms with van der Waals surface area (Å²) in [5.41, 5.74) is 5.69. The van der Waals surface area contributed by atoms with Crippen LogP contribution in [0.15, 0.2) is 30.5 Å². The number of aromatic carboxylic acids is 1. The summed E-state index contributed by atoms with van der Waals surface area (Å²) in [7, 11) is 0. The van der Waals surface area contributed by atoms with Crippen LogP contribution < -0.4 is 11.1 Å². The number of nitrogens with one attached hydrogen (secondary N) is 1. The van der Waals surface area contributed by atoms with E-state index in [4.69, 9.17) is 5.73 Å². The number of pyridine rings is 1. The number of hydrogen-bond donors (Lipinski definition) is 3. The normalized spacial score (nSPS) is 10.5. The average molecular weight is 245 g/mol. The smallest absolute Gasteiger partial charge is 0.336 e. The highest BCUT2D eigenvalue weighted by molar-refractivity contribution is 6.08. The maximum atomic E-state index is 11.2. The number of nitrogens with zero attached hydrogens (tertiary/aromatic N) is 1. The minimum absolute atomic E-state index is 0.260. The van der Waals surface area contributed by atoms with Crippen LogP contribution in [0, 0.1) is 0 Å². The van der Waals surface area contributed by atoms with E-state index in [0.717, 1.165) is 11.8 Å². The highest BCUT2D eigenvalue weighted by Crippen LogP contribution is 2.25. The molecule has 94 valence electrons. The van der Waals surface area contributed by atoms with Crippen LogP contribution in [-0.4, -0.2) is 29.1 Å². The highest BCUT2D eigenvalue weighted by atomic mass is 16.4. The van der Waals surface area contributed by atoms with Gasteiger partial charge in [-0.05, 0) is 30.5 Å². The average Bonchev–Trinajstić information content (AvgIpc) is 2.38. The second-order valence-electron chi connectivity index (χ2n) is 3.94. The van der Waals surface area contributed by atoms with Crippen molar-refractivity contribution in [2.75, 3.05) is 18.4 Å². The van der Waals surface area contributed by atoms with Crippen molar-refractivity contribution in [3.05, 3.63) is 36.0 Å². The predicted molar refractivity (Wildman–Crippen MR) is 70.9 cm³/mol. The molecule has 4 N–H and O–H groups in total. The summed E-state index contributed by atoms with van der Waals surface area (Å²) in [6.45, 7) is 1.26. The van der Waals surface area contributed by atoms with Crippen LogP contribution in [0.3, 0.4) is 0 Å². The molecule has 0 aliphatic carbocycles. The number of nitrogens with two attached hydrogens (primary N) is 1. The van der Waals surface area contributed by atoms with Gasteiger partial charge in [0.2, 0.25) is 0 Å². The SMILES string of the molecule is NCCCNc1nccc2cccc(C(=O)O)c12. The molecule has 1 aromatic carbocycles. The lowest BCUT2D eigenvalue weighted by molar-refractivity contribution is 0.0699. The number of carbonyl (C=O) groups is 1. The van der Waals surface area contributed by atoms with Crippen LogP contribution in [0.25, 0.3) is 10.8 Å². The van der Waals surface area contributed by atoms with E-state index in [2.05, 4.69) is 10.3 Å². The van der Waals surface area contributed by atoms with Crippen molar-refractivity contribution < 1.29 is 9.90 Å². The van der Waals surface area contributed by atoms with Crippen molar-refractivity contribution in [3.8, 4) is 0 Å². The van der Waals surface area contributed by atoms with E-state index < -0.39 is 5.97 Å². The van der Waals surface area contributed by atoms with Crippen LogP contribution in [0.5, 0.6) is 0 Å². The summed E-state index contributed by atoms with van der Waals surface area (Å²) < 4.78 is 0. The molecule has 5 nitrogen and oxygen atoms in total. The Hall–Kier alpha value is -2.14.